The Kier molecular flexibility index (Phi) is 5.75. The highest BCUT2D eigenvalue weighted by Gasteiger charge is 2.51. The monoisotopic (exact) mass is 422 g/mol. The lowest BCUT2D eigenvalue weighted by atomic mass is 9.92. The average Bonchev–Trinajstić information content (AvgIpc) is 3.58. The molecular weight excluding hydrogens is 390 g/mol. The van der Waals surface area contributed by atoms with Crippen LogP contribution in [0, 0.1) is 0 Å². The fourth-order valence-corrected chi connectivity index (χ4v) is 4.28. The van der Waals surface area contributed by atoms with Gasteiger partial charge in [-0.3, -0.25) is 4.79 Å². The summed E-state index contributed by atoms with van der Waals surface area (Å²) >= 11 is 0. The molecule has 2 aromatic carbocycles. The van der Waals surface area contributed by atoms with Crippen LogP contribution in [0.3, 0.4) is 0 Å². The van der Waals surface area contributed by atoms with Crippen molar-refractivity contribution in [1.29, 1.82) is 0 Å². The van der Waals surface area contributed by atoms with Crippen LogP contribution < -0.4 is 15.0 Å². The fraction of sp³-hybridized carbons (Fsp3) is 0.440. The van der Waals surface area contributed by atoms with Crippen molar-refractivity contribution in [2.45, 2.75) is 57.7 Å². The number of rotatable bonds is 8. The maximum absolute atomic E-state index is 13.4. The quantitative estimate of drug-likeness (QED) is 0.643. The van der Waals surface area contributed by atoms with Gasteiger partial charge in [-0.15, -0.1) is 0 Å². The van der Waals surface area contributed by atoms with E-state index in [-0.39, 0.29) is 11.9 Å². The molecular formula is C25H32N3O3+. The molecule has 0 aromatic heterocycles. The molecule has 1 unspecified atom stereocenters. The number of carbonyl (C=O) groups is 2. The number of nitrogens with zero attached hydrogens (tertiary/aromatic N) is 1. The van der Waals surface area contributed by atoms with Crippen LogP contribution in [-0.4, -0.2) is 36.7 Å². The van der Waals surface area contributed by atoms with Crippen molar-refractivity contribution in [3.05, 3.63) is 65.2 Å². The molecule has 6 heteroatoms. The summed E-state index contributed by atoms with van der Waals surface area (Å²) in [7, 11) is 1.59. The molecule has 1 heterocycles. The van der Waals surface area contributed by atoms with Crippen LogP contribution in [0.1, 0.15) is 56.2 Å². The van der Waals surface area contributed by atoms with Crippen molar-refractivity contribution < 1.29 is 19.2 Å². The molecule has 31 heavy (non-hydrogen) atoms. The van der Waals surface area contributed by atoms with E-state index in [4.69, 9.17) is 4.74 Å². The summed E-state index contributed by atoms with van der Waals surface area (Å²) in [5, 5.41) is 2.91. The molecule has 2 fully saturated rings. The number of hydrogen-bond donors (Lipinski definition) is 2. The number of ether oxygens (including phenoxy) is 1. The van der Waals surface area contributed by atoms with Gasteiger partial charge in [0.05, 0.1) is 13.2 Å². The Hall–Kier alpha value is -2.86. The summed E-state index contributed by atoms with van der Waals surface area (Å²) in [4.78, 5) is 28.8. The molecule has 1 aliphatic carbocycles. The van der Waals surface area contributed by atoms with Crippen LogP contribution in [0.4, 0.5) is 4.79 Å². The molecule has 0 bridgehead atoms. The SMILES string of the molecule is COc1cccc([C@]2(C)NC(=O)N(C[NH+](Cc3ccc(C(C)C)cc3)C3CC3)C2=O)c1. The molecule has 6 nitrogen and oxygen atoms in total. The van der Waals surface area contributed by atoms with Crippen molar-refractivity contribution in [2.24, 2.45) is 0 Å². The second kappa shape index (κ2) is 8.35. The van der Waals surface area contributed by atoms with Gasteiger partial charge in [0.15, 0.2) is 6.67 Å². The molecule has 164 valence electrons. The first-order valence-corrected chi connectivity index (χ1v) is 11.0. The van der Waals surface area contributed by atoms with Crippen LogP contribution in [-0.2, 0) is 16.9 Å². The number of imide groups is 1. The number of carbonyl (C=O) groups excluding carboxylic acids is 2. The molecule has 2 aliphatic rings. The minimum Gasteiger partial charge on any atom is -0.497 e. The Morgan fingerprint density at radius 2 is 1.87 bits per heavy atom. The Labute approximate surface area is 184 Å². The summed E-state index contributed by atoms with van der Waals surface area (Å²) < 4.78 is 5.30. The third-order valence-corrected chi connectivity index (χ3v) is 6.52. The van der Waals surface area contributed by atoms with Gasteiger partial charge in [-0.05, 0) is 36.1 Å². The van der Waals surface area contributed by atoms with E-state index in [2.05, 4.69) is 43.4 Å². The van der Waals surface area contributed by atoms with Crippen LogP contribution in [0.2, 0.25) is 0 Å². The van der Waals surface area contributed by atoms with Gasteiger partial charge in [0.2, 0.25) is 0 Å². The lowest BCUT2D eigenvalue weighted by Crippen LogP contribution is -3.13. The average molecular weight is 423 g/mol. The number of hydrogen-bond acceptors (Lipinski definition) is 3. The molecule has 3 amide bonds. The predicted octanol–water partition coefficient (Wildman–Crippen LogP) is 2.79. The lowest BCUT2D eigenvalue weighted by molar-refractivity contribution is -0.931. The summed E-state index contributed by atoms with van der Waals surface area (Å²) in [6.07, 6.45) is 2.27. The van der Waals surface area contributed by atoms with E-state index >= 15 is 0 Å². The molecule has 0 spiro atoms. The van der Waals surface area contributed by atoms with Crippen LogP contribution >= 0.6 is 0 Å². The van der Waals surface area contributed by atoms with Gasteiger partial charge < -0.3 is 15.0 Å². The zero-order valence-corrected chi connectivity index (χ0v) is 18.8. The van der Waals surface area contributed by atoms with E-state index in [9.17, 15) is 9.59 Å². The first kappa shape index (κ1) is 21.4. The third-order valence-electron chi connectivity index (χ3n) is 6.52. The van der Waals surface area contributed by atoms with E-state index in [1.165, 1.54) is 20.9 Å². The smallest absolute Gasteiger partial charge is 0.329 e. The summed E-state index contributed by atoms with van der Waals surface area (Å²) in [6.45, 7) is 7.32. The van der Waals surface area contributed by atoms with Crippen LogP contribution in [0.25, 0.3) is 0 Å². The van der Waals surface area contributed by atoms with E-state index in [1.54, 1.807) is 14.0 Å². The van der Waals surface area contributed by atoms with E-state index in [0.29, 0.717) is 24.4 Å². The molecule has 0 radical (unpaired) electrons. The van der Waals surface area contributed by atoms with Crippen molar-refractivity contribution >= 4 is 11.9 Å². The third kappa shape index (κ3) is 4.30. The van der Waals surface area contributed by atoms with Crippen LogP contribution in [0.15, 0.2) is 48.5 Å². The summed E-state index contributed by atoms with van der Waals surface area (Å²) in [5.74, 6) is 0.953. The predicted molar refractivity (Wildman–Crippen MR) is 119 cm³/mol. The standard InChI is InChI=1S/C25H31N3O3/c1-17(2)19-10-8-18(9-11-19)15-27(21-12-13-21)16-28-23(29)25(3,26-24(28)30)20-6-5-7-22(14-20)31-4/h5-11,14,17,21H,12-13,15-16H2,1-4H3,(H,26,30)/p+1/t25-/m0/s1. The topological polar surface area (TPSA) is 63.1 Å². The second-order valence-corrected chi connectivity index (χ2v) is 9.18. The fourth-order valence-electron chi connectivity index (χ4n) is 4.28. The zero-order chi connectivity index (χ0) is 22.2. The lowest BCUT2D eigenvalue weighted by Gasteiger charge is -2.25. The van der Waals surface area contributed by atoms with Gasteiger partial charge in [-0.1, -0.05) is 50.2 Å². The van der Waals surface area contributed by atoms with Crippen molar-refractivity contribution in [2.75, 3.05) is 13.8 Å². The van der Waals surface area contributed by atoms with Gasteiger partial charge in [-0.25, -0.2) is 9.69 Å². The number of urea groups is 1. The van der Waals surface area contributed by atoms with Crippen LogP contribution in [0.5, 0.6) is 5.75 Å². The first-order valence-electron chi connectivity index (χ1n) is 11.0. The minimum atomic E-state index is -1.08. The molecule has 2 N–H and O–H groups in total. The van der Waals surface area contributed by atoms with Gasteiger partial charge >= 0.3 is 6.03 Å². The number of amides is 3. The Morgan fingerprint density at radius 3 is 2.48 bits per heavy atom. The van der Waals surface area contributed by atoms with E-state index in [0.717, 1.165) is 24.9 Å². The molecule has 1 saturated heterocycles. The largest absolute Gasteiger partial charge is 0.497 e. The highest BCUT2D eigenvalue weighted by molar-refractivity contribution is 6.07. The van der Waals surface area contributed by atoms with Gasteiger partial charge in [0, 0.05) is 18.4 Å². The van der Waals surface area contributed by atoms with Crippen molar-refractivity contribution in [1.82, 2.24) is 10.2 Å². The number of nitrogens with one attached hydrogen (secondary N) is 2. The number of methoxy groups -OCH3 is 1. The summed E-state index contributed by atoms with van der Waals surface area (Å²) in [6, 6.07) is 16.2. The number of benzene rings is 2. The molecule has 2 atom stereocenters. The maximum Gasteiger partial charge on any atom is 0.329 e. The molecule has 1 saturated carbocycles. The molecule has 1 aliphatic heterocycles. The summed E-state index contributed by atoms with van der Waals surface area (Å²) in [5.41, 5.74) is 2.19. The highest BCUT2D eigenvalue weighted by atomic mass is 16.5. The minimum absolute atomic E-state index is 0.209. The second-order valence-electron chi connectivity index (χ2n) is 9.18. The molecule has 4 rings (SSSR count). The highest BCUT2D eigenvalue weighted by Crippen LogP contribution is 2.30. The van der Waals surface area contributed by atoms with Gasteiger partial charge in [0.1, 0.15) is 17.8 Å². The Balaban J connectivity index is 1.51. The van der Waals surface area contributed by atoms with Gasteiger partial charge in [0.25, 0.3) is 5.91 Å². The van der Waals surface area contributed by atoms with E-state index < -0.39 is 5.54 Å². The van der Waals surface area contributed by atoms with Crippen molar-refractivity contribution in [3.8, 4) is 5.75 Å². The molecule has 2 aromatic rings. The zero-order valence-electron chi connectivity index (χ0n) is 18.8. The Morgan fingerprint density at radius 1 is 1.16 bits per heavy atom. The normalized spacial score (nSPS) is 22.0. The first-order chi connectivity index (χ1) is 14.8. The van der Waals surface area contributed by atoms with Gasteiger partial charge in [-0.2, -0.15) is 0 Å². The Bertz CT molecular complexity index is 968. The maximum atomic E-state index is 13.4. The van der Waals surface area contributed by atoms with E-state index in [1.807, 2.05) is 24.3 Å². The number of quaternary nitrogens is 1. The van der Waals surface area contributed by atoms with Crippen molar-refractivity contribution in [3.63, 3.8) is 0 Å².